The Morgan fingerprint density at radius 3 is 2.44 bits per heavy atom. The average Bonchev–Trinajstić information content (AvgIpc) is 3.28. The van der Waals surface area contributed by atoms with Crippen LogP contribution in [0.5, 0.6) is 0 Å². The molecule has 140 valence electrons. The first kappa shape index (κ1) is 20.2. The van der Waals surface area contributed by atoms with Crippen LogP contribution in [0.25, 0.3) is 0 Å². The molecule has 25 heavy (non-hydrogen) atoms. The molecule has 3 aliphatic heterocycles. The van der Waals surface area contributed by atoms with Gasteiger partial charge in [-0.3, -0.25) is 4.79 Å². The van der Waals surface area contributed by atoms with Gasteiger partial charge in [-0.1, -0.05) is 0 Å². The maximum Gasteiger partial charge on any atom is 0.272 e. The number of anilines is 1. The number of aromatic nitrogens is 2. The fraction of sp³-hybridized carbons (Fsp3) is 0.706. The van der Waals surface area contributed by atoms with Gasteiger partial charge in [-0.25, -0.2) is 9.97 Å². The molecule has 0 radical (unpaired) electrons. The van der Waals surface area contributed by atoms with Gasteiger partial charge in [-0.05, 0) is 50.1 Å². The Labute approximate surface area is 161 Å². The molecule has 1 N–H and O–H groups in total. The van der Waals surface area contributed by atoms with E-state index < -0.39 is 0 Å². The van der Waals surface area contributed by atoms with Gasteiger partial charge in [0.1, 0.15) is 5.69 Å². The quantitative estimate of drug-likeness (QED) is 0.841. The highest BCUT2D eigenvalue weighted by molar-refractivity contribution is 5.92. The van der Waals surface area contributed by atoms with Crippen molar-refractivity contribution in [3.8, 4) is 0 Å². The molecule has 6 nitrogen and oxygen atoms in total. The fourth-order valence-electron chi connectivity index (χ4n) is 4.11. The van der Waals surface area contributed by atoms with E-state index in [9.17, 15) is 4.79 Å². The Bertz CT molecular complexity index is 578. The number of carbonyl (C=O) groups is 1. The predicted molar refractivity (Wildman–Crippen MR) is 103 cm³/mol. The highest BCUT2D eigenvalue weighted by Gasteiger charge is 2.38. The summed E-state index contributed by atoms with van der Waals surface area (Å²) < 4.78 is 0. The number of halogens is 2. The highest BCUT2D eigenvalue weighted by atomic mass is 35.5. The molecule has 0 atom stereocenters. The van der Waals surface area contributed by atoms with Crippen LogP contribution >= 0.6 is 24.8 Å². The van der Waals surface area contributed by atoms with Gasteiger partial charge in [-0.2, -0.15) is 0 Å². The smallest absolute Gasteiger partial charge is 0.272 e. The Kier molecular flexibility index (Phi) is 6.88. The molecule has 0 bridgehead atoms. The second kappa shape index (κ2) is 8.52. The predicted octanol–water partition coefficient (Wildman–Crippen LogP) is 2.14. The molecule has 1 aromatic rings. The number of carbonyl (C=O) groups excluding carboxylic acids is 1. The third-order valence-electron chi connectivity index (χ3n) is 5.69. The lowest BCUT2D eigenvalue weighted by Gasteiger charge is -2.38. The van der Waals surface area contributed by atoms with Gasteiger partial charge < -0.3 is 15.1 Å². The van der Waals surface area contributed by atoms with Crippen LogP contribution in [0, 0.1) is 5.41 Å². The van der Waals surface area contributed by atoms with Crippen molar-refractivity contribution in [1.29, 1.82) is 0 Å². The molecule has 1 aromatic heterocycles. The van der Waals surface area contributed by atoms with E-state index >= 15 is 0 Å². The molecular weight excluding hydrogens is 361 g/mol. The lowest BCUT2D eigenvalue weighted by atomic mass is 9.78. The maximum absolute atomic E-state index is 12.8. The zero-order valence-electron chi connectivity index (χ0n) is 14.4. The van der Waals surface area contributed by atoms with Crippen LogP contribution in [-0.4, -0.2) is 60.0 Å². The van der Waals surface area contributed by atoms with Gasteiger partial charge >= 0.3 is 0 Å². The third-order valence-corrected chi connectivity index (χ3v) is 5.69. The number of hydrogen-bond acceptors (Lipinski definition) is 5. The normalized spacial score (nSPS) is 21.8. The largest absolute Gasteiger partial charge is 0.341 e. The van der Waals surface area contributed by atoms with Crippen molar-refractivity contribution < 1.29 is 4.79 Å². The SMILES string of the molecule is Cl.Cl.O=C(c1ccnc(N2CCCC2)n1)N1CCC2(CCNC2)CC1. The number of hydrogen-bond donors (Lipinski definition) is 1. The number of amides is 1. The van der Waals surface area contributed by atoms with Crippen molar-refractivity contribution in [2.45, 2.75) is 32.1 Å². The number of nitrogens with zero attached hydrogens (tertiary/aromatic N) is 4. The molecule has 0 aromatic carbocycles. The second-order valence-electron chi connectivity index (χ2n) is 7.16. The number of nitrogens with one attached hydrogen (secondary N) is 1. The van der Waals surface area contributed by atoms with Gasteiger partial charge in [0.25, 0.3) is 5.91 Å². The maximum atomic E-state index is 12.8. The van der Waals surface area contributed by atoms with Gasteiger partial charge in [0.05, 0.1) is 0 Å². The third kappa shape index (κ3) is 4.18. The summed E-state index contributed by atoms with van der Waals surface area (Å²) in [6, 6.07) is 1.75. The molecule has 0 saturated carbocycles. The van der Waals surface area contributed by atoms with Gasteiger partial charge in [-0.15, -0.1) is 24.8 Å². The Morgan fingerprint density at radius 2 is 1.80 bits per heavy atom. The van der Waals surface area contributed by atoms with Crippen molar-refractivity contribution in [1.82, 2.24) is 20.2 Å². The number of likely N-dealkylation sites (tertiary alicyclic amines) is 1. The van der Waals surface area contributed by atoms with E-state index in [1.54, 1.807) is 12.3 Å². The molecule has 1 amide bonds. The number of piperidine rings is 1. The zero-order chi connectivity index (χ0) is 15.7. The molecule has 1 spiro atoms. The lowest BCUT2D eigenvalue weighted by molar-refractivity contribution is 0.0602. The topological polar surface area (TPSA) is 61.4 Å². The molecule has 0 unspecified atom stereocenters. The van der Waals surface area contributed by atoms with Crippen LogP contribution in [0.3, 0.4) is 0 Å². The van der Waals surface area contributed by atoms with Crippen molar-refractivity contribution in [2.24, 2.45) is 5.41 Å². The minimum atomic E-state index is 0. The summed E-state index contributed by atoms with van der Waals surface area (Å²) in [6.07, 6.45) is 7.56. The first-order valence-electron chi connectivity index (χ1n) is 8.84. The van der Waals surface area contributed by atoms with Crippen LogP contribution in [0.2, 0.25) is 0 Å². The van der Waals surface area contributed by atoms with E-state index in [0.29, 0.717) is 17.1 Å². The summed E-state index contributed by atoms with van der Waals surface area (Å²) in [5.74, 6) is 0.774. The van der Waals surface area contributed by atoms with Crippen molar-refractivity contribution in [3.63, 3.8) is 0 Å². The molecule has 3 fully saturated rings. The van der Waals surface area contributed by atoms with Crippen LogP contribution in [-0.2, 0) is 0 Å². The van der Waals surface area contributed by atoms with Crippen LogP contribution < -0.4 is 10.2 Å². The standard InChI is InChI=1S/C17H25N5O.2ClH/c23-15(21-11-5-17(6-12-21)4-8-18-13-17)14-3-7-19-16(20-14)22-9-1-2-10-22;;/h3,7,18H,1-2,4-6,8-13H2;2*1H. The molecule has 4 rings (SSSR count). The van der Waals surface area contributed by atoms with E-state index in [-0.39, 0.29) is 30.7 Å². The van der Waals surface area contributed by atoms with Crippen molar-refractivity contribution >= 4 is 36.7 Å². The summed E-state index contributed by atoms with van der Waals surface area (Å²) in [7, 11) is 0. The van der Waals surface area contributed by atoms with Crippen LogP contribution in [0.15, 0.2) is 12.3 Å². The molecule has 3 aliphatic rings. The molecule has 4 heterocycles. The summed E-state index contributed by atoms with van der Waals surface area (Å²) >= 11 is 0. The zero-order valence-corrected chi connectivity index (χ0v) is 16.1. The minimum Gasteiger partial charge on any atom is -0.341 e. The molecule has 8 heteroatoms. The Balaban J connectivity index is 0.00000113. The Morgan fingerprint density at radius 1 is 1.08 bits per heavy atom. The molecule has 0 aliphatic carbocycles. The summed E-state index contributed by atoms with van der Waals surface area (Å²) in [5, 5.41) is 3.47. The lowest BCUT2D eigenvalue weighted by Crippen LogP contribution is -2.44. The summed E-state index contributed by atoms with van der Waals surface area (Å²) in [6.45, 7) is 5.93. The van der Waals surface area contributed by atoms with E-state index in [1.165, 1.54) is 19.3 Å². The van der Waals surface area contributed by atoms with Crippen molar-refractivity contribution in [3.05, 3.63) is 18.0 Å². The summed E-state index contributed by atoms with van der Waals surface area (Å²) in [5.41, 5.74) is 0.978. The molecular formula is C17H27Cl2N5O. The van der Waals surface area contributed by atoms with E-state index in [1.807, 2.05) is 4.90 Å². The van der Waals surface area contributed by atoms with E-state index in [2.05, 4.69) is 20.2 Å². The van der Waals surface area contributed by atoms with Crippen LogP contribution in [0.4, 0.5) is 5.95 Å². The van der Waals surface area contributed by atoms with Crippen molar-refractivity contribution in [2.75, 3.05) is 44.2 Å². The van der Waals surface area contributed by atoms with E-state index in [0.717, 1.165) is 52.1 Å². The van der Waals surface area contributed by atoms with Gasteiger partial charge in [0.15, 0.2) is 0 Å². The van der Waals surface area contributed by atoms with E-state index in [4.69, 9.17) is 0 Å². The highest BCUT2D eigenvalue weighted by Crippen LogP contribution is 2.37. The minimum absolute atomic E-state index is 0. The van der Waals surface area contributed by atoms with Gasteiger partial charge in [0, 0.05) is 38.9 Å². The first-order valence-corrected chi connectivity index (χ1v) is 8.84. The first-order chi connectivity index (χ1) is 11.3. The molecule has 3 saturated heterocycles. The second-order valence-corrected chi connectivity index (χ2v) is 7.16. The monoisotopic (exact) mass is 387 g/mol. The number of rotatable bonds is 2. The average molecular weight is 388 g/mol. The Hall–Kier alpha value is -1.11. The summed E-state index contributed by atoms with van der Waals surface area (Å²) in [4.78, 5) is 25.8. The van der Waals surface area contributed by atoms with Crippen LogP contribution in [0.1, 0.15) is 42.6 Å². The van der Waals surface area contributed by atoms with Gasteiger partial charge in [0.2, 0.25) is 5.95 Å². The fourth-order valence-corrected chi connectivity index (χ4v) is 4.11.